The summed E-state index contributed by atoms with van der Waals surface area (Å²) in [5.41, 5.74) is 1.86. The monoisotopic (exact) mass is 585 g/mol. The van der Waals surface area contributed by atoms with Gasteiger partial charge >= 0.3 is 0 Å². The number of ether oxygens (including phenoxy) is 1. The summed E-state index contributed by atoms with van der Waals surface area (Å²) in [5.74, 6) is -0.563. The first kappa shape index (κ1) is 31.0. The van der Waals surface area contributed by atoms with Crippen molar-refractivity contribution in [3.63, 3.8) is 0 Å². The molecule has 8 nitrogen and oxygen atoms in total. The van der Waals surface area contributed by atoms with Crippen molar-refractivity contribution < 1.29 is 22.7 Å². The van der Waals surface area contributed by atoms with E-state index in [9.17, 15) is 18.0 Å². The van der Waals surface area contributed by atoms with Crippen molar-refractivity contribution in [1.82, 2.24) is 10.2 Å². The van der Waals surface area contributed by atoms with Gasteiger partial charge in [-0.25, -0.2) is 8.42 Å². The number of aryl methyl sites for hydroxylation is 1. The van der Waals surface area contributed by atoms with Crippen molar-refractivity contribution in [2.75, 3.05) is 18.0 Å². The third-order valence-corrected chi connectivity index (χ3v) is 8.35. The summed E-state index contributed by atoms with van der Waals surface area (Å²) in [5, 5.41) is 3.42. The number of amides is 2. The van der Waals surface area contributed by atoms with Crippen LogP contribution >= 0.6 is 11.6 Å². The minimum atomic E-state index is -4.19. The fourth-order valence-corrected chi connectivity index (χ4v) is 5.82. The molecule has 2 amide bonds. The third-order valence-electron chi connectivity index (χ3n) is 6.32. The smallest absolute Gasteiger partial charge is 0.264 e. The molecule has 0 fully saturated rings. The van der Waals surface area contributed by atoms with Gasteiger partial charge in [-0.05, 0) is 69.2 Å². The molecule has 3 aromatic carbocycles. The lowest BCUT2D eigenvalue weighted by molar-refractivity contribution is -0.140. The van der Waals surface area contributed by atoms with Crippen LogP contribution in [-0.2, 0) is 26.2 Å². The van der Waals surface area contributed by atoms with Gasteiger partial charge in [0, 0.05) is 17.6 Å². The first-order valence-electron chi connectivity index (χ1n) is 13.0. The van der Waals surface area contributed by atoms with E-state index in [1.807, 2.05) is 27.7 Å². The van der Waals surface area contributed by atoms with E-state index in [1.54, 1.807) is 60.7 Å². The van der Waals surface area contributed by atoms with E-state index >= 15 is 0 Å². The highest BCUT2D eigenvalue weighted by atomic mass is 35.5. The number of halogens is 1. The van der Waals surface area contributed by atoms with Crippen LogP contribution in [0.5, 0.6) is 5.75 Å². The minimum Gasteiger partial charge on any atom is -0.495 e. The van der Waals surface area contributed by atoms with E-state index in [0.717, 1.165) is 15.4 Å². The number of hydrogen-bond acceptors (Lipinski definition) is 5. The Morgan fingerprint density at radius 1 is 0.975 bits per heavy atom. The zero-order valence-electron chi connectivity index (χ0n) is 23.4. The van der Waals surface area contributed by atoms with Crippen LogP contribution in [0.2, 0.25) is 5.02 Å². The molecule has 0 radical (unpaired) electrons. The number of hydrogen-bond donors (Lipinski definition) is 1. The molecule has 3 rings (SSSR count). The van der Waals surface area contributed by atoms with Gasteiger partial charge in [-0.3, -0.25) is 13.9 Å². The van der Waals surface area contributed by atoms with Crippen molar-refractivity contribution in [3.05, 3.63) is 88.9 Å². The molecular formula is C30H36ClN3O5S. The Labute approximate surface area is 241 Å². The molecular weight excluding hydrogens is 550 g/mol. The SMILES string of the molecule is CC[C@@H](C(=O)NC(C)C)N(Cc1ccc(Cl)cc1)C(=O)CN(c1ccccc1OC)S(=O)(=O)c1ccc(C)cc1. The van der Waals surface area contributed by atoms with Crippen molar-refractivity contribution >= 4 is 39.1 Å². The molecule has 214 valence electrons. The Morgan fingerprint density at radius 2 is 1.60 bits per heavy atom. The number of rotatable bonds is 12. The molecule has 0 aliphatic rings. The number of anilines is 1. The summed E-state index contributed by atoms with van der Waals surface area (Å²) < 4.78 is 34.5. The Bertz CT molecular complexity index is 1410. The van der Waals surface area contributed by atoms with E-state index in [0.29, 0.717) is 17.2 Å². The van der Waals surface area contributed by atoms with Crippen molar-refractivity contribution in [1.29, 1.82) is 0 Å². The highest BCUT2D eigenvalue weighted by molar-refractivity contribution is 7.92. The fraction of sp³-hybridized carbons (Fsp3) is 0.333. The summed E-state index contributed by atoms with van der Waals surface area (Å²) in [4.78, 5) is 28.8. The van der Waals surface area contributed by atoms with Gasteiger partial charge in [0.15, 0.2) is 0 Å². The normalized spacial score (nSPS) is 12.1. The predicted molar refractivity (Wildman–Crippen MR) is 158 cm³/mol. The van der Waals surface area contributed by atoms with Gasteiger partial charge in [0.1, 0.15) is 18.3 Å². The van der Waals surface area contributed by atoms with Gasteiger partial charge in [-0.1, -0.05) is 60.5 Å². The zero-order chi connectivity index (χ0) is 29.4. The van der Waals surface area contributed by atoms with Crippen LogP contribution in [0.3, 0.4) is 0 Å². The van der Waals surface area contributed by atoms with E-state index in [2.05, 4.69) is 5.32 Å². The Morgan fingerprint density at radius 3 is 2.17 bits per heavy atom. The largest absolute Gasteiger partial charge is 0.495 e. The van der Waals surface area contributed by atoms with Crippen LogP contribution in [0.15, 0.2) is 77.7 Å². The maximum atomic E-state index is 14.1. The lowest BCUT2D eigenvalue weighted by Crippen LogP contribution is -2.53. The molecule has 0 saturated heterocycles. The molecule has 0 saturated carbocycles. The molecule has 0 unspecified atom stereocenters. The van der Waals surface area contributed by atoms with Crippen molar-refractivity contribution in [3.8, 4) is 5.75 Å². The van der Waals surface area contributed by atoms with Crippen molar-refractivity contribution in [2.45, 2.75) is 57.6 Å². The van der Waals surface area contributed by atoms with Gasteiger partial charge in [0.05, 0.1) is 17.7 Å². The summed E-state index contributed by atoms with van der Waals surface area (Å²) in [7, 11) is -2.76. The predicted octanol–water partition coefficient (Wildman–Crippen LogP) is 5.18. The number of sulfonamides is 1. The molecule has 0 aromatic heterocycles. The standard InChI is InChI=1S/C30H36ClN3O5S/c1-6-26(30(36)32-21(2)3)33(19-23-13-15-24(31)16-14-23)29(35)20-34(27-9-7-8-10-28(27)39-5)40(37,38)25-17-11-22(4)12-18-25/h7-18,21,26H,6,19-20H2,1-5H3,(H,32,36)/t26-/m0/s1. The van der Waals surface area contributed by atoms with Crippen molar-refractivity contribution in [2.24, 2.45) is 0 Å². The third kappa shape index (κ3) is 7.55. The van der Waals surface area contributed by atoms with E-state index in [-0.39, 0.29) is 29.1 Å². The number of benzene rings is 3. The Hall–Kier alpha value is -3.56. The minimum absolute atomic E-state index is 0.0330. The second-order valence-electron chi connectivity index (χ2n) is 9.73. The van der Waals surface area contributed by atoms with Gasteiger partial charge in [-0.15, -0.1) is 0 Å². The van der Waals surface area contributed by atoms with Gasteiger partial charge < -0.3 is 15.0 Å². The highest BCUT2D eigenvalue weighted by Crippen LogP contribution is 2.32. The summed E-state index contributed by atoms with van der Waals surface area (Å²) >= 11 is 6.06. The quantitative estimate of drug-likeness (QED) is 0.316. The number of para-hydroxylation sites is 2. The second kappa shape index (κ2) is 13.7. The fourth-order valence-electron chi connectivity index (χ4n) is 4.27. The molecule has 40 heavy (non-hydrogen) atoms. The molecule has 0 heterocycles. The molecule has 1 N–H and O–H groups in total. The molecule has 0 bridgehead atoms. The second-order valence-corrected chi connectivity index (χ2v) is 12.0. The molecule has 0 aliphatic carbocycles. The number of carbonyl (C=O) groups is 2. The number of nitrogens with one attached hydrogen (secondary N) is 1. The molecule has 3 aromatic rings. The van der Waals surface area contributed by atoms with E-state index in [4.69, 9.17) is 16.3 Å². The van der Waals surface area contributed by atoms with E-state index < -0.39 is 28.5 Å². The highest BCUT2D eigenvalue weighted by Gasteiger charge is 2.34. The Balaban J connectivity index is 2.09. The number of carbonyl (C=O) groups excluding carboxylic acids is 2. The average Bonchev–Trinajstić information content (AvgIpc) is 2.92. The van der Waals surface area contributed by atoms with Crippen LogP contribution in [0.1, 0.15) is 38.3 Å². The first-order valence-corrected chi connectivity index (χ1v) is 14.9. The van der Waals surface area contributed by atoms with Crippen LogP contribution in [0.4, 0.5) is 5.69 Å². The maximum absolute atomic E-state index is 14.1. The molecule has 10 heteroatoms. The topological polar surface area (TPSA) is 96.0 Å². The number of nitrogens with zero attached hydrogens (tertiary/aromatic N) is 2. The lowest BCUT2D eigenvalue weighted by atomic mass is 10.1. The lowest BCUT2D eigenvalue weighted by Gasteiger charge is -2.33. The molecule has 1 atom stereocenters. The zero-order valence-corrected chi connectivity index (χ0v) is 25.0. The first-order chi connectivity index (χ1) is 19.0. The van der Waals surface area contributed by atoms with Crippen LogP contribution < -0.4 is 14.4 Å². The number of methoxy groups -OCH3 is 1. The summed E-state index contributed by atoms with van der Waals surface area (Å²) in [6.07, 6.45) is 0.331. The Kier molecular flexibility index (Phi) is 10.6. The molecule has 0 aliphatic heterocycles. The van der Waals surface area contributed by atoms with Crippen LogP contribution in [0, 0.1) is 6.92 Å². The summed E-state index contributed by atoms with van der Waals surface area (Å²) in [6.45, 7) is 6.90. The van der Waals surface area contributed by atoms with E-state index in [1.165, 1.54) is 24.1 Å². The average molecular weight is 586 g/mol. The van der Waals surface area contributed by atoms with Crippen LogP contribution in [0.25, 0.3) is 0 Å². The molecule has 0 spiro atoms. The summed E-state index contributed by atoms with van der Waals surface area (Å²) in [6, 6.07) is 19.0. The van der Waals surface area contributed by atoms with Gasteiger partial charge in [0.2, 0.25) is 11.8 Å². The van der Waals surface area contributed by atoms with Gasteiger partial charge in [0.25, 0.3) is 10.0 Å². The maximum Gasteiger partial charge on any atom is 0.264 e. The van der Waals surface area contributed by atoms with Gasteiger partial charge in [-0.2, -0.15) is 0 Å². The van der Waals surface area contributed by atoms with Crippen LogP contribution in [-0.4, -0.2) is 50.9 Å².